The van der Waals surface area contributed by atoms with Crippen LogP contribution in [-0.2, 0) is 0 Å². The van der Waals surface area contributed by atoms with Gasteiger partial charge in [-0.05, 0) is 41.3 Å². The monoisotopic (exact) mass is 361 g/mol. The first-order valence-corrected chi connectivity index (χ1v) is 9.24. The molecule has 3 aromatic rings. The van der Waals surface area contributed by atoms with Crippen LogP contribution in [0.1, 0.15) is 34.8 Å². The number of carbonyl (C=O) groups is 1. The number of fused-ring (bicyclic) bond motifs is 1. The highest BCUT2D eigenvalue weighted by Gasteiger charge is 2.33. The molecule has 0 saturated carbocycles. The van der Waals surface area contributed by atoms with Crippen molar-refractivity contribution in [1.82, 2.24) is 4.90 Å². The maximum Gasteiger partial charge on any atom is 0.258 e. The molecule has 1 saturated heterocycles. The summed E-state index contributed by atoms with van der Waals surface area (Å²) in [5.41, 5.74) is 1.75. The molecule has 4 nitrogen and oxygen atoms in total. The fourth-order valence-corrected chi connectivity index (χ4v) is 4.08. The quantitative estimate of drug-likeness (QED) is 0.668. The SMILES string of the molecule is COc1cccc(C(=O)N2CCCC2c2cccc3ccccc23)c1OC. The van der Waals surface area contributed by atoms with Crippen LogP contribution in [0.15, 0.2) is 60.7 Å². The minimum absolute atomic E-state index is 0.0128. The molecule has 1 atom stereocenters. The number of likely N-dealkylation sites (tertiary alicyclic amines) is 1. The Morgan fingerprint density at radius 1 is 0.963 bits per heavy atom. The van der Waals surface area contributed by atoms with Crippen LogP contribution in [0, 0.1) is 0 Å². The molecule has 4 heteroatoms. The lowest BCUT2D eigenvalue weighted by molar-refractivity contribution is 0.0732. The Kier molecular flexibility index (Phi) is 4.71. The fourth-order valence-electron chi connectivity index (χ4n) is 4.08. The van der Waals surface area contributed by atoms with E-state index in [9.17, 15) is 4.79 Å². The van der Waals surface area contributed by atoms with E-state index in [0.29, 0.717) is 17.1 Å². The molecule has 0 spiro atoms. The van der Waals surface area contributed by atoms with Crippen molar-refractivity contribution in [2.75, 3.05) is 20.8 Å². The second kappa shape index (κ2) is 7.31. The number of hydrogen-bond acceptors (Lipinski definition) is 3. The van der Waals surface area contributed by atoms with Gasteiger partial charge < -0.3 is 14.4 Å². The van der Waals surface area contributed by atoms with Crippen molar-refractivity contribution >= 4 is 16.7 Å². The summed E-state index contributed by atoms with van der Waals surface area (Å²) in [7, 11) is 3.15. The minimum atomic E-state index is -0.0128. The Balaban J connectivity index is 1.75. The van der Waals surface area contributed by atoms with E-state index < -0.39 is 0 Å². The maximum atomic E-state index is 13.4. The van der Waals surface area contributed by atoms with Crippen LogP contribution in [0.5, 0.6) is 11.5 Å². The normalized spacial score (nSPS) is 16.5. The van der Waals surface area contributed by atoms with Crippen LogP contribution in [0.4, 0.5) is 0 Å². The second-order valence-electron chi connectivity index (χ2n) is 6.77. The van der Waals surface area contributed by atoms with Crippen molar-refractivity contribution in [3.63, 3.8) is 0 Å². The van der Waals surface area contributed by atoms with Crippen LogP contribution in [0.25, 0.3) is 10.8 Å². The lowest BCUT2D eigenvalue weighted by Crippen LogP contribution is -2.31. The highest BCUT2D eigenvalue weighted by molar-refractivity contribution is 5.98. The first-order valence-electron chi connectivity index (χ1n) is 9.24. The maximum absolute atomic E-state index is 13.4. The number of amides is 1. The summed E-state index contributed by atoms with van der Waals surface area (Å²) in [5, 5.41) is 2.41. The van der Waals surface area contributed by atoms with Gasteiger partial charge in [-0.1, -0.05) is 48.5 Å². The minimum Gasteiger partial charge on any atom is -0.493 e. The van der Waals surface area contributed by atoms with E-state index in [1.807, 2.05) is 29.2 Å². The molecule has 138 valence electrons. The molecule has 0 bridgehead atoms. The van der Waals surface area contributed by atoms with Gasteiger partial charge in [-0.2, -0.15) is 0 Å². The molecular formula is C23H23NO3. The van der Waals surface area contributed by atoms with Gasteiger partial charge in [0.05, 0.1) is 25.8 Å². The largest absolute Gasteiger partial charge is 0.493 e. The third-order valence-electron chi connectivity index (χ3n) is 5.33. The molecule has 1 aliphatic heterocycles. The molecule has 4 rings (SSSR count). The van der Waals surface area contributed by atoms with E-state index in [4.69, 9.17) is 9.47 Å². The van der Waals surface area contributed by atoms with E-state index in [-0.39, 0.29) is 11.9 Å². The highest BCUT2D eigenvalue weighted by atomic mass is 16.5. The fraction of sp³-hybridized carbons (Fsp3) is 0.261. The number of benzene rings is 3. The average Bonchev–Trinajstić information content (AvgIpc) is 3.21. The Morgan fingerprint density at radius 3 is 2.56 bits per heavy atom. The van der Waals surface area contributed by atoms with Gasteiger partial charge in [0.1, 0.15) is 0 Å². The van der Waals surface area contributed by atoms with Gasteiger partial charge in [0.2, 0.25) is 0 Å². The van der Waals surface area contributed by atoms with Gasteiger partial charge in [-0.15, -0.1) is 0 Å². The Hall–Kier alpha value is -3.01. The molecule has 0 radical (unpaired) electrons. The van der Waals surface area contributed by atoms with Crippen LogP contribution in [0.3, 0.4) is 0 Å². The number of rotatable bonds is 4. The average molecular weight is 361 g/mol. The van der Waals surface area contributed by atoms with E-state index in [2.05, 4.69) is 36.4 Å². The van der Waals surface area contributed by atoms with Crippen molar-refractivity contribution in [3.05, 3.63) is 71.8 Å². The summed E-state index contributed by atoms with van der Waals surface area (Å²) >= 11 is 0. The lowest BCUT2D eigenvalue weighted by atomic mass is 9.97. The Labute approximate surface area is 159 Å². The zero-order valence-electron chi connectivity index (χ0n) is 15.6. The van der Waals surface area contributed by atoms with Gasteiger partial charge in [0, 0.05) is 6.54 Å². The van der Waals surface area contributed by atoms with Crippen molar-refractivity contribution in [2.24, 2.45) is 0 Å². The molecular weight excluding hydrogens is 338 g/mol. The van der Waals surface area contributed by atoms with E-state index in [0.717, 1.165) is 19.4 Å². The van der Waals surface area contributed by atoms with E-state index in [1.165, 1.54) is 16.3 Å². The van der Waals surface area contributed by atoms with E-state index >= 15 is 0 Å². The van der Waals surface area contributed by atoms with Gasteiger partial charge in [-0.25, -0.2) is 0 Å². The third kappa shape index (κ3) is 3.01. The van der Waals surface area contributed by atoms with Gasteiger partial charge >= 0.3 is 0 Å². The molecule has 3 aromatic carbocycles. The van der Waals surface area contributed by atoms with Gasteiger partial charge in [0.25, 0.3) is 5.91 Å². The summed E-state index contributed by atoms with van der Waals surface area (Å²) in [6.07, 6.45) is 1.96. The number of carbonyl (C=O) groups excluding carboxylic acids is 1. The van der Waals surface area contributed by atoms with Gasteiger partial charge in [0.15, 0.2) is 11.5 Å². The van der Waals surface area contributed by atoms with Crippen LogP contribution in [0.2, 0.25) is 0 Å². The summed E-state index contributed by atoms with van der Waals surface area (Å²) < 4.78 is 10.8. The summed E-state index contributed by atoms with van der Waals surface area (Å²) in [6, 6.07) is 20.2. The van der Waals surface area contributed by atoms with Gasteiger partial charge in [-0.3, -0.25) is 4.79 Å². The number of para-hydroxylation sites is 1. The molecule has 27 heavy (non-hydrogen) atoms. The van der Waals surface area contributed by atoms with Crippen LogP contribution >= 0.6 is 0 Å². The predicted molar refractivity (Wildman–Crippen MR) is 107 cm³/mol. The summed E-state index contributed by atoms with van der Waals surface area (Å²) in [4.78, 5) is 15.4. The summed E-state index contributed by atoms with van der Waals surface area (Å²) in [6.45, 7) is 0.743. The first-order chi connectivity index (χ1) is 13.2. The Morgan fingerprint density at radius 2 is 1.74 bits per heavy atom. The standard InChI is InChI=1S/C23H23NO3/c1-26-21-14-6-12-19(22(21)27-2)23(25)24-15-7-13-20(24)18-11-5-9-16-8-3-4-10-17(16)18/h3-6,8-12,14,20H,7,13,15H2,1-2H3. The number of ether oxygens (including phenoxy) is 2. The first kappa shape index (κ1) is 17.4. The smallest absolute Gasteiger partial charge is 0.258 e. The molecule has 0 N–H and O–H groups in total. The summed E-state index contributed by atoms with van der Waals surface area (Å²) in [5.74, 6) is 1.05. The van der Waals surface area contributed by atoms with E-state index in [1.54, 1.807) is 14.2 Å². The third-order valence-corrected chi connectivity index (χ3v) is 5.33. The number of nitrogens with zero attached hydrogens (tertiary/aromatic N) is 1. The highest BCUT2D eigenvalue weighted by Crippen LogP contribution is 2.39. The Bertz CT molecular complexity index is 977. The molecule has 1 amide bonds. The van der Waals surface area contributed by atoms with Crippen molar-refractivity contribution in [2.45, 2.75) is 18.9 Å². The molecule has 1 heterocycles. The molecule has 0 aliphatic carbocycles. The van der Waals surface area contributed by atoms with Crippen LogP contribution < -0.4 is 9.47 Å². The second-order valence-corrected chi connectivity index (χ2v) is 6.77. The number of methoxy groups -OCH3 is 2. The lowest BCUT2D eigenvalue weighted by Gasteiger charge is -2.27. The zero-order chi connectivity index (χ0) is 18.8. The van der Waals surface area contributed by atoms with Crippen molar-refractivity contribution in [3.8, 4) is 11.5 Å². The van der Waals surface area contributed by atoms with Crippen LogP contribution in [-0.4, -0.2) is 31.6 Å². The predicted octanol–water partition coefficient (Wildman–Crippen LogP) is 4.83. The molecule has 1 fully saturated rings. The molecule has 1 aliphatic rings. The molecule has 1 unspecified atom stereocenters. The van der Waals surface area contributed by atoms with Crippen molar-refractivity contribution < 1.29 is 14.3 Å². The zero-order valence-corrected chi connectivity index (χ0v) is 15.6. The topological polar surface area (TPSA) is 38.8 Å². The molecule has 0 aromatic heterocycles. The van der Waals surface area contributed by atoms with Crippen molar-refractivity contribution in [1.29, 1.82) is 0 Å². The number of hydrogen-bond donors (Lipinski definition) is 0.